The Balaban J connectivity index is 2.32. The molecule has 2 heterocycles. The minimum absolute atomic E-state index is 0.0282. The maximum absolute atomic E-state index is 5.75. The molecule has 0 aliphatic heterocycles. The summed E-state index contributed by atoms with van der Waals surface area (Å²) in [6.07, 6.45) is 5.36. The number of hydrogen-bond donors (Lipinski definition) is 1. The van der Waals surface area contributed by atoms with Crippen molar-refractivity contribution in [2.45, 2.75) is 13.0 Å². The van der Waals surface area contributed by atoms with Gasteiger partial charge < -0.3 is 5.73 Å². The summed E-state index contributed by atoms with van der Waals surface area (Å²) in [5.41, 5.74) is 8.74. The zero-order valence-electron chi connectivity index (χ0n) is 8.59. The van der Waals surface area contributed by atoms with E-state index in [2.05, 4.69) is 9.97 Å². The Morgan fingerprint density at radius 2 is 2.07 bits per heavy atom. The highest BCUT2D eigenvalue weighted by atomic mass is 14.7. The Hall–Kier alpha value is -1.74. The van der Waals surface area contributed by atoms with Crippen LogP contribution in [0.3, 0.4) is 0 Å². The van der Waals surface area contributed by atoms with Gasteiger partial charge >= 0.3 is 0 Å². The molecule has 0 aliphatic carbocycles. The van der Waals surface area contributed by atoms with Gasteiger partial charge in [-0.25, -0.2) is 0 Å². The molecule has 0 fully saturated rings. The van der Waals surface area contributed by atoms with E-state index in [9.17, 15) is 0 Å². The molecule has 2 aromatic heterocycles. The predicted octanol–water partition coefficient (Wildman–Crippen LogP) is 2.16. The van der Waals surface area contributed by atoms with E-state index in [4.69, 9.17) is 5.73 Å². The van der Waals surface area contributed by atoms with Gasteiger partial charge in [0.25, 0.3) is 0 Å². The van der Waals surface area contributed by atoms with Crippen molar-refractivity contribution < 1.29 is 0 Å². The second kappa shape index (κ2) is 4.19. The van der Waals surface area contributed by atoms with Crippen molar-refractivity contribution in [1.82, 2.24) is 9.97 Å². The van der Waals surface area contributed by atoms with Crippen molar-refractivity contribution in [2.24, 2.45) is 5.73 Å². The maximum Gasteiger partial charge on any atom is 0.0717 e. The van der Waals surface area contributed by atoms with E-state index < -0.39 is 0 Å². The van der Waals surface area contributed by atoms with E-state index in [1.807, 2.05) is 37.4 Å². The highest BCUT2D eigenvalue weighted by Gasteiger charge is 2.01. The molecule has 1 atom stereocenters. The van der Waals surface area contributed by atoms with Gasteiger partial charge in [0.15, 0.2) is 0 Å². The van der Waals surface area contributed by atoms with Crippen LogP contribution in [-0.2, 0) is 0 Å². The van der Waals surface area contributed by atoms with Crippen LogP contribution in [-0.4, -0.2) is 9.97 Å². The van der Waals surface area contributed by atoms with Gasteiger partial charge in [0.2, 0.25) is 0 Å². The van der Waals surface area contributed by atoms with Gasteiger partial charge in [-0.3, -0.25) is 9.97 Å². The van der Waals surface area contributed by atoms with Crippen molar-refractivity contribution in [3.63, 3.8) is 0 Å². The van der Waals surface area contributed by atoms with Gasteiger partial charge in [-0.1, -0.05) is 6.07 Å². The third-order valence-corrected chi connectivity index (χ3v) is 2.27. The molecule has 0 unspecified atom stereocenters. The molecule has 0 aromatic carbocycles. The molecule has 2 N–H and O–H groups in total. The van der Waals surface area contributed by atoms with E-state index in [0.717, 1.165) is 16.8 Å². The first kappa shape index (κ1) is 9.80. The summed E-state index contributed by atoms with van der Waals surface area (Å²) in [6, 6.07) is 7.88. The van der Waals surface area contributed by atoms with Crippen molar-refractivity contribution in [2.75, 3.05) is 0 Å². The van der Waals surface area contributed by atoms with Crippen molar-refractivity contribution in [3.8, 4) is 11.3 Å². The molecule has 0 amide bonds. The lowest BCUT2D eigenvalue weighted by Gasteiger charge is -2.05. The van der Waals surface area contributed by atoms with Gasteiger partial charge in [0, 0.05) is 30.2 Å². The maximum atomic E-state index is 5.75. The highest BCUT2D eigenvalue weighted by molar-refractivity contribution is 5.57. The summed E-state index contributed by atoms with van der Waals surface area (Å²) in [7, 11) is 0. The van der Waals surface area contributed by atoms with Crippen LogP contribution in [0.2, 0.25) is 0 Å². The fourth-order valence-electron chi connectivity index (χ4n) is 1.36. The number of pyridine rings is 2. The minimum Gasteiger partial charge on any atom is -0.324 e. The molecule has 3 heteroatoms. The van der Waals surface area contributed by atoms with Crippen molar-refractivity contribution in [3.05, 3.63) is 48.4 Å². The lowest BCUT2D eigenvalue weighted by atomic mass is 10.1. The topological polar surface area (TPSA) is 51.8 Å². The van der Waals surface area contributed by atoms with Crippen LogP contribution >= 0.6 is 0 Å². The van der Waals surface area contributed by atoms with E-state index in [1.165, 1.54) is 0 Å². The summed E-state index contributed by atoms with van der Waals surface area (Å²) in [5.74, 6) is 0. The molecule has 0 aliphatic rings. The second-order valence-electron chi connectivity index (χ2n) is 3.51. The molecule has 15 heavy (non-hydrogen) atoms. The molecule has 2 rings (SSSR count). The lowest BCUT2D eigenvalue weighted by molar-refractivity contribution is 0.812. The van der Waals surface area contributed by atoms with Gasteiger partial charge in [-0.05, 0) is 30.7 Å². The Bertz CT molecular complexity index is 420. The Kier molecular flexibility index (Phi) is 2.74. The predicted molar refractivity (Wildman–Crippen MR) is 60.1 cm³/mol. The van der Waals surface area contributed by atoms with Crippen LogP contribution in [0, 0.1) is 0 Å². The van der Waals surface area contributed by atoms with Crippen LogP contribution in [0.25, 0.3) is 11.3 Å². The Morgan fingerprint density at radius 3 is 2.60 bits per heavy atom. The number of nitrogens with zero attached hydrogens (tertiary/aromatic N) is 2. The zero-order valence-corrected chi connectivity index (χ0v) is 8.59. The van der Waals surface area contributed by atoms with Crippen LogP contribution in [0.4, 0.5) is 0 Å². The molecule has 0 bridgehead atoms. The lowest BCUT2D eigenvalue weighted by Crippen LogP contribution is -2.05. The van der Waals surface area contributed by atoms with E-state index in [0.29, 0.717) is 0 Å². The fourth-order valence-corrected chi connectivity index (χ4v) is 1.36. The second-order valence-corrected chi connectivity index (χ2v) is 3.51. The van der Waals surface area contributed by atoms with E-state index >= 15 is 0 Å². The SMILES string of the molecule is C[C@@H](N)c1ccc(-c2cccnc2)nc1. The molecule has 76 valence electrons. The third-order valence-electron chi connectivity index (χ3n) is 2.27. The average Bonchev–Trinajstić information content (AvgIpc) is 2.30. The molecule has 2 aromatic rings. The average molecular weight is 199 g/mol. The molecule has 0 radical (unpaired) electrons. The number of nitrogens with two attached hydrogens (primary N) is 1. The Labute approximate surface area is 89.0 Å². The summed E-state index contributed by atoms with van der Waals surface area (Å²) in [4.78, 5) is 8.40. The van der Waals surface area contributed by atoms with Crippen LogP contribution < -0.4 is 5.73 Å². The molecule has 0 saturated heterocycles. The standard InChI is InChI=1S/C12H13N3/c1-9(13)10-4-5-12(15-8-10)11-3-2-6-14-7-11/h2-9H,13H2,1H3/t9-/m1/s1. The van der Waals surface area contributed by atoms with E-state index in [-0.39, 0.29) is 6.04 Å². The fraction of sp³-hybridized carbons (Fsp3) is 0.167. The molecular formula is C12H13N3. The van der Waals surface area contributed by atoms with Crippen molar-refractivity contribution in [1.29, 1.82) is 0 Å². The first-order valence-electron chi connectivity index (χ1n) is 4.89. The number of hydrogen-bond acceptors (Lipinski definition) is 3. The first-order valence-corrected chi connectivity index (χ1v) is 4.89. The van der Waals surface area contributed by atoms with Crippen LogP contribution in [0.15, 0.2) is 42.9 Å². The summed E-state index contributed by atoms with van der Waals surface area (Å²) >= 11 is 0. The van der Waals surface area contributed by atoms with Gasteiger partial charge in [0.1, 0.15) is 0 Å². The third kappa shape index (κ3) is 2.19. The summed E-state index contributed by atoms with van der Waals surface area (Å²) in [5, 5.41) is 0. The Morgan fingerprint density at radius 1 is 1.20 bits per heavy atom. The van der Waals surface area contributed by atoms with E-state index in [1.54, 1.807) is 12.4 Å². The highest BCUT2D eigenvalue weighted by Crippen LogP contribution is 2.16. The van der Waals surface area contributed by atoms with Crippen molar-refractivity contribution >= 4 is 0 Å². The molecule has 0 spiro atoms. The quantitative estimate of drug-likeness (QED) is 0.806. The van der Waals surface area contributed by atoms with Crippen LogP contribution in [0.1, 0.15) is 18.5 Å². The normalized spacial score (nSPS) is 12.4. The van der Waals surface area contributed by atoms with Gasteiger partial charge in [-0.15, -0.1) is 0 Å². The monoisotopic (exact) mass is 199 g/mol. The minimum atomic E-state index is 0.0282. The number of rotatable bonds is 2. The zero-order chi connectivity index (χ0) is 10.7. The largest absolute Gasteiger partial charge is 0.324 e. The molecular weight excluding hydrogens is 186 g/mol. The van der Waals surface area contributed by atoms with Gasteiger partial charge in [-0.2, -0.15) is 0 Å². The van der Waals surface area contributed by atoms with Crippen LogP contribution in [0.5, 0.6) is 0 Å². The van der Waals surface area contributed by atoms with Gasteiger partial charge in [0.05, 0.1) is 5.69 Å². The summed E-state index contributed by atoms with van der Waals surface area (Å²) < 4.78 is 0. The smallest absolute Gasteiger partial charge is 0.0717 e. The first-order chi connectivity index (χ1) is 7.27. The molecule has 0 saturated carbocycles. The molecule has 3 nitrogen and oxygen atoms in total. The summed E-state index contributed by atoms with van der Waals surface area (Å²) in [6.45, 7) is 1.95. The number of aromatic nitrogens is 2.